The summed E-state index contributed by atoms with van der Waals surface area (Å²) in [6, 6.07) is 5.02. The van der Waals surface area contributed by atoms with E-state index >= 15 is 0 Å². The van der Waals surface area contributed by atoms with Crippen molar-refractivity contribution < 1.29 is 13.2 Å². The molecule has 0 amide bonds. The third-order valence-corrected chi connectivity index (χ3v) is 5.69. The van der Waals surface area contributed by atoms with E-state index in [9.17, 15) is 8.42 Å². The monoisotopic (exact) mass is 328 g/mol. The molecule has 5 nitrogen and oxygen atoms in total. The maximum atomic E-state index is 12.9. The van der Waals surface area contributed by atoms with Gasteiger partial charge in [-0.05, 0) is 32.4 Å². The number of benzene rings is 1. The summed E-state index contributed by atoms with van der Waals surface area (Å²) in [6.45, 7) is 6.21. The molecule has 7 heteroatoms. The van der Waals surface area contributed by atoms with Gasteiger partial charge in [0.2, 0.25) is 10.0 Å². The van der Waals surface area contributed by atoms with Crippen molar-refractivity contribution in [3.05, 3.63) is 29.3 Å². The first-order valence-corrected chi connectivity index (χ1v) is 8.62. The van der Waals surface area contributed by atoms with Crippen molar-refractivity contribution in [1.82, 2.24) is 4.31 Å². The molecule has 2 unspecified atom stereocenters. The van der Waals surface area contributed by atoms with E-state index in [0.717, 1.165) is 0 Å². The molecule has 1 saturated heterocycles. The SMILES string of the molecule is Cc1ccc(C(N)=S)cc1S(=O)(=O)N1CC(C)OC(C)C1. The molecule has 2 N–H and O–H groups in total. The van der Waals surface area contributed by atoms with Crippen LogP contribution in [0.5, 0.6) is 0 Å². The molecule has 1 aromatic rings. The van der Waals surface area contributed by atoms with E-state index in [0.29, 0.717) is 24.2 Å². The van der Waals surface area contributed by atoms with Gasteiger partial charge in [-0.2, -0.15) is 4.31 Å². The van der Waals surface area contributed by atoms with Gasteiger partial charge in [-0.3, -0.25) is 0 Å². The smallest absolute Gasteiger partial charge is 0.243 e. The Labute approximate surface area is 131 Å². The molecule has 1 heterocycles. The van der Waals surface area contributed by atoms with E-state index in [1.165, 1.54) is 4.31 Å². The number of hydrogen-bond acceptors (Lipinski definition) is 4. The quantitative estimate of drug-likeness (QED) is 0.850. The predicted octanol–water partition coefficient (Wildman–Crippen LogP) is 1.43. The average molecular weight is 328 g/mol. The van der Waals surface area contributed by atoms with Crippen molar-refractivity contribution in [2.24, 2.45) is 5.73 Å². The van der Waals surface area contributed by atoms with Gasteiger partial charge in [0.25, 0.3) is 0 Å². The molecule has 1 fully saturated rings. The fourth-order valence-corrected chi connectivity index (χ4v) is 4.47. The number of thiocarbonyl (C=S) groups is 1. The van der Waals surface area contributed by atoms with Crippen LogP contribution in [-0.4, -0.2) is 43.0 Å². The number of rotatable bonds is 3. The second-order valence-electron chi connectivity index (χ2n) is 5.42. The molecular formula is C14H20N2O3S2. The molecule has 1 aliphatic rings. The Balaban J connectivity index is 2.44. The largest absolute Gasteiger partial charge is 0.389 e. The lowest BCUT2D eigenvalue weighted by Crippen LogP contribution is -2.48. The van der Waals surface area contributed by atoms with Crippen LogP contribution in [0.4, 0.5) is 0 Å². The highest BCUT2D eigenvalue weighted by molar-refractivity contribution is 7.89. The van der Waals surface area contributed by atoms with Crippen molar-refractivity contribution in [1.29, 1.82) is 0 Å². The third-order valence-electron chi connectivity index (χ3n) is 3.48. The number of hydrogen-bond donors (Lipinski definition) is 1. The first-order chi connectivity index (χ1) is 9.71. The summed E-state index contributed by atoms with van der Waals surface area (Å²) in [6.07, 6.45) is -0.245. The Kier molecular flexibility index (Phi) is 4.67. The lowest BCUT2D eigenvalue weighted by Gasteiger charge is -2.34. The summed E-state index contributed by atoms with van der Waals surface area (Å²) in [5, 5.41) is 0. The van der Waals surface area contributed by atoms with Gasteiger partial charge in [0.15, 0.2) is 0 Å². The van der Waals surface area contributed by atoms with E-state index in [-0.39, 0.29) is 22.1 Å². The fourth-order valence-electron chi connectivity index (χ4n) is 2.50. The van der Waals surface area contributed by atoms with Crippen LogP contribution in [0.2, 0.25) is 0 Å². The maximum absolute atomic E-state index is 12.9. The van der Waals surface area contributed by atoms with Crippen LogP contribution in [0.25, 0.3) is 0 Å². The number of morpholine rings is 1. The molecule has 116 valence electrons. The van der Waals surface area contributed by atoms with Crippen LogP contribution in [0.1, 0.15) is 25.0 Å². The number of ether oxygens (including phenoxy) is 1. The Bertz CT molecular complexity index is 648. The van der Waals surface area contributed by atoms with E-state index in [2.05, 4.69) is 0 Å². The maximum Gasteiger partial charge on any atom is 0.243 e. The highest BCUT2D eigenvalue weighted by atomic mass is 32.2. The van der Waals surface area contributed by atoms with E-state index < -0.39 is 10.0 Å². The minimum atomic E-state index is -3.58. The van der Waals surface area contributed by atoms with Crippen LogP contribution in [-0.2, 0) is 14.8 Å². The zero-order chi connectivity index (χ0) is 15.8. The fraction of sp³-hybridized carbons (Fsp3) is 0.500. The zero-order valence-electron chi connectivity index (χ0n) is 12.4. The van der Waals surface area contributed by atoms with Crippen LogP contribution in [0.15, 0.2) is 23.1 Å². The Morgan fingerprint density at radius 1 is 1.33 bits per heavy atom. The average Bonchev–Trinajstić information content (AvgIpc) is 2.37. The summed E-state index contributed by atoms with van der Waals surface area (Å²) >= 11 is 4.93. The standard InChI is InChI=1S/C14H20N2O3S2/c1-9-4-5-12(14(15)20)6-13(9)21(17,18)16-7-10(2)19-11(3)8-16/h4-6,10-11H,7-8H2,1-3H3,(H2,15,20). The third kappa shape index (κ3) is 3.42. The summed E-state index contributed by atoms with van der Waals surface area (Å²) in [5.41, 5.74) is 6.84. The first kappa shape index (κ1) is 16.4. The molecule has 0 aromatic heterocycles. The Morgan fingerprint density at radius 3 is 2.43 bits per heavy atom. The summed E-state index contributed by atoms with van der Waals surface area (Å²) in [4.78, 5) is 0.448. The number of nitrogens with zero attached hydrogens (tertiary/aromatic N) is 1. The molecule has 0 bridgehead atoms. The zero-order valence-corrected chi connectivity index (χ0v) is 14.0. The normalized spacial score (nSPS) is 24.0. The molecular weight excluding hydrogens is 308 g/mol. The van der Waals surface area contributed by atoms with Gasteiger partial charge in [-0.25, -0.2) is 8.42 Å². The minimum Gasteiger partial charge on any atom is -0.389 e. The summed E-state index contributed by atoms with van der Waals surface area (Å²) in [5.74, 6) is 0. The predicted molar refractivity (Wildman–Crippen MR) is 85.8 cm³/mol. The second-order valence-corrected chi connectivity index (χ2v) is 7.77. The van der Waals surface area contributed by atoms with Crippen molar-refractivity contribution >= 4 is 27.2 Å². The number of aryl methyl sites for hydroxylation is 1. The van der Waals surface area contributed by atoms with Gasteiger partial charge < -0.3 is 10.5 Å². The van der Waals surface area contributed by atoms with E-state index in [4.69, 9.17) is 22.7 Å². The molecule has 0 aliphatic carbocycles. The second kappa shape index (κ2) is 6.00. The van der Waals surface area contributed by atoms with Gasteiger partial charge in [-0.1, -0.05) is 24.4 Å². The van der Waals surface area contributed by atoms with Gasteiger partial charge >= 0.3 is 0 Å². The number of sulfonamides is 1. The highest BCUT2D eigenvalue weighted by Crippen LogP contribution is 2.24. The molecule has 1 aromatic carbocycles. The van der Waals surface area contributed by atoms with Crippen LogP contribution >= 0.6 is 12.2 Å². The van der Waals surface area contributed by atoms with Crippen LogP contribution in [0, 0.1) is 6.92 Å². The van der Waals surface area contributed by atoms with Gasteiger partial charge in [-0.15, -0.1) is 0 Å². The molecule has 1 aliphatic heterocycles. The summed E-state index contributed by atoms with van der Waals surface area (Å²) < 4.78 is 32.8. The topological polar surface area (TPSA) is 72.6 Å². The van der Waals surface area contributed by atoms with Gasteiger partial charge in [0.1, 0.15) is 4.99 Å². The Hall–Kier alpha value is -1.02. The minimum absolute atomic E-state index is 0.123. The number of nitrogens with two attached hydrogens (primary N) is 1. The van der Waals surface area contributed by atoms with Crippen molar-refractivity contribution in [2.75, 3.05) is 13.1 Å². The molecule has 21 heavy (non-hydrogen) atoms. The first-order valence-electron chi connectivity index (χ1n) is 6.78. The van der Waals surface area contributed by atoms with Gasteiger partial charge in [0, 0.05) is 18.7 Å². The van der Waals surface area contributed by atoms with Gasteiger partial charge in [0.05, 0.1) is 17.1 Å². The van der Waals surface area contributed by atoms with E-state index in [1.54, 1.807) is 25.1 Å². The molecule has 2 atom stereocenters. The molecule has 2 rings (SSSR count). The lowest BCUT2D eigenvalue weighted by atomic mass is 10.1. The van der Waals surface area contributed by atoms with Crippen molar-refractivity contribution in [3.8, 4) is 0 Å². The molecule has 0 spiro atoms. The van der Waals surface area contributed by atoms with Crippen LogP contribution in [0.3, 0.4) is 0 Å². The Morgan fingerprint density at radius 2 is 1.90 bits per heavy atom. The van der Waals surface area contributed by atoms with E-state index in [1.807, 2.05) is 13.8 Å². The van der Waals surface area contributed by atoms with Crippen LogP contribution < -0.4 is 5.73 Å². The van der Waals surface area contributed by atoms with Crippen molar-refractivity contribution in [2.45, 2.75) is 37.9 Å². The molecule has 0 radical (unpaired) electrons. The molecule has 0 saturated carbocycles. The lowest BCUT2D eigenvalue weighted by molar-refractivity contribution is -0.0440. The highest BCUT2D eigenvalue weighted by Gasteiger charge is 2.33. The van der Waals surface area contributed by atoms with Crippen molar-refractivity contribution in [3.63, 3.8) is 0 Å². The summed E-state index contributed by atoms with van der Waals surface area (Å²) in [7, 11) is -3.58.